The lowest BCUT2D eigenvalue weighted by atomic mass is 10.2. The van der Waals surface area contributed by atoms with E-state index in [1.165, 1.54) is 11.8 Å². The molecular weight excluding hydrogens is 294 g/mol. The van der Waals surface area contributed by atoms with Crippen LogP contribution in [0.3, 0.4) is 0 Å². The summed E-state index contributed by atoms with van der Waals surface area (Å²) in [6.45, 7) is 11.0. The first-order chi connectivity index (χ1) is 10.5. The number of hydrogen-bond acceptors (Lipinski definition) is 4. The summed E-state index contributed by atoms with van der Waals surface area (Å²) in [6.07, 6.45) is 0. The third kappa shape index (κ3) is 4.07. The normalized spacial score (nSPS) is 10.7. The van der Waals surface area contributed by atoms with Gasteiger partial charge in [-0.2, -0.15) is 0 Å². The van der Waals surface area contributed by atoms with Crippen molar-refractivity contribution in [3.05, 3.63) is 42.2 Å². The number of thioether (sulfide) groups is 1. The zero-order valence-electron chi connectivity index (χ0n) is 13.3. The lowest BCUT2D eigenvalue weighted by molar-refractivity contribution is -0.127. The van der Waals surface area contributed by atoms with E-state index in [-0.39, 0.29) is 5.91 Å². The molecule has 116 valence electrons. The van der Waals surface area contributed by atoms with E-state index in [2.05, 4.69) is 16.5 Å². The number of likely N-dealkylation sites (N-methyl/N-ethyl adjacent to an activating group) is 1. The molecule has 0 saturated carbocycles. The summed E-state index contributed by atoms with van der Waals surface area (Å²) < 4.78 is 0. The van der Waals surface area contributed by atoms with Gasteiger partial charge in [0.25, 0.3) is 0 Å². The first-order valence-corrected chi connectivity index (χ1v) is 8.28. The molecule has 0 aliphatic rings. The molecule has 0 aliphatic carbocycles. The lowest BCUT2D eigenvalue weighted by Gasteiger charge is -2.20. The predicted octanol–water partition coefficient (Wildman–Crippen LogP) is 3.45. The van der Waals surface area contributed by atoms with Crippen molar-refractivity contribution in [2.45, 2.75) is 25.8 Å². The van der Waals surface area contributed by atoms with Crippen molar-refractivity contribution in [3.63, 3.8) is 0 Å². The minimum atomic E-state index is 0.107. The van der Waals surface area contributed by atoms with Crippen LogP contribution in [0.4, 0.5) is 0 Å². The molecule has 1 heterocycles. The van der Waals surface area contributed by atoms with Crippen molar-refractivity contribution < 1.29 is 4.79 Å². The third-order valence-electron chi connectivity index (χ3n) is 3.21. The highest BCUT2D eigenvalue weighted by Crippen LogP contribution is 2.25. The molecule has 2 aromatic rings. The van der Waals surface area contributed by atoms with E-state index in [0.29, 0.717) is 18.8 Å². The average Bonchev–Trinajstić information content (AvgIpc) is 2.49. The molecule has 0 radical (unpaired) electrons. The van der Waals surface area contributed by atoms with Crippen LogP contribution in [0.15, 0.2) is 41.4 Å². The van der Waals surface area contributed by atoms with Gasteiger partial charge in [-0.25, -0.2) is 9.97 Å². The number of carbonyl (C=O) groups excluding carboxylic acids is 1. The summed E-state index contributed by atoms with van der Waals surface area (Å²) in [6, 6.07) is 7.88. The number of aryl methyl sites for hydroxylation is 1. The summed E-state index contributed by atoms with van der Waals surface area (Å²) in [7, 11) is 0. The van der Waals surface area contributed by atoms with Gasteiger partial charge in [0.1, 0.15) is 10.9 Å². The van der Waals surface area contributed by atoms with Crippen LogP contribution in [0.2, 0.25) is 0 Å². The average molecular weight is 315 g/mol. The van der Waals surface area contributed by atoms with Crippen molar-refractivity contribution >= 4 is 28.6 Å². The predicted molar refractivity (Wildman–Crippen MR) is 92.1 cm³/mol. The number of para-hydroxylation sites is 1. The summed E-state index contributed by atoms with van der Waals surface area (Å²) in [4.78, 5) is 23.0. The zero-order valence-corrected chi connectivity index (χ0v) is 14.1. The maximum absolute atomic E-state index is 12.3. The van der Waals surface area contributed by atoms with Gasteiger partial charge >= 0.3 is 0 Å². The Morgan fingerprint density at radius 2 is 2.05 bits per heavy atom. The molecule has 5 heteroatoms. The number of carbonyl (C=O) groups is 1. The smallest absolute Gasteiger partial charge is 0.233 e. The van der Waals surface area contributed by atoms with Gasteiger partial charge in [0.05, 0.1) is 11.3 Å². The molecule has 22 heavy (non-hydrogen) atoms. The zero-order chi connectivity index (χ0) is 16.1. The minimum Gasteiger partial charge on any atom is -0.338 e. The second-order valence-corrected chi connectivity index (χ2v) is 6.21. The van der Waals surface area contributed by atoms with Gasteiger partial charge in [-0.1, -0.05) is 42.1 Å². The first kappa shape index (κ1) is 16.5. The van der Waals surface area contributed by atoms with Crippen molar-refractivity contribution in [1.29, 1.82) is 0 Å². The molecule has 0 aliphatic heterocycles. The maximum Gasteiger partial charge on any atom is 0.233 e. The Balaban J connectivity index is 2.14. The highest BCUT2D eigenvalue weighted by atomic mass is 32.2. The fourth-order valence-corrected chi connectivity index (χ4v) is 3.16. The van der Waals surface area contributed by atoms with Crippen LogP contribution in [0, 0.1) is 6.92 Å². The topological polar surface area (TPSA) is 46.1 Å². The summed E-state index contributed by atoms with van der Waals surface area (Å²) in [5, 5.41) is 1.86. The SMILES string of the molecule is C=C(C)CN(CC)C(=O)CSc1nc(C)nc2ccccc12. The highest BCUT2D eigenvalue weighted by Gasteiger charge is 2.14. The van der Waals surface area contributed by atoms with E-state index in [1.807, 2.05) is 49.9 Å². The number of rotatable bonds is 6. The molecule has 4 nitrogen and oxygen atoms in total. The van der Waals surface area contributed by atoms with E-state index in [0.717, 1.165) is 27.3 Å². The van der Waals surface area contributed by atoms with Gasteiger partial charge in [-0.15, -0.1) is 0 Å². The molecule has 1 aromatic heterocycles. The van der Waals surface area contributed by atoms with Crippen LogP contribution in [0.5, 0.6) is 0 Å². The first-order valence-electron chi connectivity index (χ1n) is 7.29. The second kappa shape index (κ2) is 7.40. The van der Waals surface area contributed by atoms with Gasteiger partial charge in [0.15, 0.2) is 0 Å². The largest absolute Gasteiger partial charge is 0.338 e. The molecule has 0 fully saturated rings. The second-order valence-electron chi connectivity index (χ2n) is 5.25. The van der Waals surface area contributed by atoms with Crippen LogP contribution in [-0.4, -0.2) is 39.6 Å². The Morgan fingerprint density at radius 1 is 1.32 bits per heavy atom. The van der Waals surface area contributed by atoms with E-state index >= 15 is 0 Å². The fraction of sp³-hybridized carbons (Fsp3) is 0.353. The number of fused-ring (bicyclic) bond motifs is 1. The monoisotopic (exact) mass is 315 g/mol. The van der Waals surface area contributed by atoms with Gasteiger partial charge in [0, 0.05) is 18.5 Å². The van der Waals surface area contributed by atoms with Crippen molar-refractivity contribution in [3.8, 4) is 0 Å². The number of hydrogen-bond donors (Lipinski definition) is 0. The standard InChI is InChI=1S/C17H21N3OS/c1-5-20(10-12(2)3)16(21)11-22-17-14-8-6-7-9-15(14)18-13(4)19-17/h6-9H,2,5,10-11H2,1,3-4H3. The van der Waals surface area contributed by atoms with Crippen molar-refractivity contribution in [2.75, 3.05) is 18.8 Å². The molecule has 0 unspecified atom stereocenters. The quantitative estimate of drug-likeness (QED) is 0.465. The fourth-order valence-electron chi connectivity index (χ4n) is 2.19. The molecule has 0 N–H and O–H groups in total. The number of nitrogens with zero attached hydrogens (tertiary/aromatic N) is 3. The molecule has 0 spiro atoms. The van der Waals surface area contributed by atoms with Crippen LogP contribution in [0.1, 0.15) is 19.7 Å². The number of benzene rings is 1. The molecule has 2 rings (SSSR count). The molecule has 0 atom stereocenters. The summed E-state index contributed by atoms with van der Waals surface area (Å²) in [5.41, 5.74) is 1.91. The lowest BCUT2D eigenvalue weighted by Crippen LogP contribution is -2.33. The van der Waals surface area contributed by atoms with Crippen molar-refractivity contribution in [1.82, 2.24) is 14.9 Å². The van der Waals surface area contributed by atoms with E-state index in [1.54, 1.807) is 0 Å². The number of aromatic nitrogens is 2. The van der Waals surface area contributed by atoms with Gasteiger partial charge < -0.3 is 4.90 Å². The van der Waals surface area contributed by atoms with E-state index in [9.17, 15) is 4.79 Å². The summed E-state index contributed by atoms with van der Waals surface area (Å²) in [5.74, 6) is 1.21. The Morgan fingerprint density at radius 3 is 2.73 bits per heavy atom. The van der Waals surface area contributed by atoms with E-state index < -0.39 is 0 Å². The molecule has 1 amide bonds. The van der Waals surface area contributed by atoms with Crippen LogP contribution >= 0.6 is 11.8 Å². The van der Waals surface area contributed by atoms with Gasteiger partial charge in [-0.3, -0.25) is 4.79 Å². The Labute approximate surface area is 135 Å². The van der Waals surface area contributed by atoms with Crippen LogP contribution in [0.25, 0.3) is 10.9 Å². The van der Waals surface area contributed by atoms with Gasteiger partial charge in [-0.05, 0) is 26.8 Å². The Bertz CT molecular complexity index is 699. The maximum atomic E-state index is 12.3. The summed E-state index contributed by atoms with van der Waals surface area (Å²) >= 11 is 1.47. The van der Waals surface area contributed by atoms with Crippen LogP contribution in [-0.2, 0) is 4.79 Å². The molecule has 1 aromatic carbocycles. The molecule has 0 saturated heterocycles. The van der Waals surface area contributed by atoms with Crippen molar-refractivity contribution in [2.24, 2.45) is 0 Å². The minimum absolute atomic E-state index is 0.107. The van der Waals surface area contributed by atoms with Gasteiger partial charge in [0.2, 0.25) is 5.91 Å². The Hall–Kier alpha value is -1.88. The molecule has 0 bridgehead atoms. The third-order valence-corrected chi connectivity index (χ3v) is 4.18. The van der Waals surface area contributed by atoms with Crippen LogP contribution < -0.4 is 0 Å². The number of amides is 1. The van der Waals surface area contributed by atoms with E-state index in [4.69, 9.17) is 0 Å². The highest BCUT2D eigenvalue weighted by molar-refractivity contribution is 8.00. The Kier molecular flexibility index (Phi) is 5.55. The molecular formula is C17H21N3OS.